The van der Waals surface area contributed by atoms with Crippen molar-refractivity contribution in [2.75, 3.05) is 11.1 Å². The van der Waals surface area contributed by atoms with Gasteiger partial charge in [0, 0.05) is 23.5 Å². The Bertz CT molecular complexity index is 980. The van der Waals surface area contributed by atoms with E-state index < -0.39 is 0 Å². The molecule has 0 saturated heterocycles. The predicted molar refractivity (Wildman–Crippen MR) is 103 cm³/mol. The molecule has 1 aliphatic rings. The Morgan fingerprint density at radius 2 is 1.78 bits per heavy atom. The third-order valence-corrected chi connectivity index (χ3v) is 4.56. The van der Waals surface area contributed by atoms with Gasteiger partial charge in [0.25, 0.3) is 5.91 Å². The van der Waals surface area contributed by atoms with Gasteiger partial charge in [-0.25, -0.2) is 9.37 Å². The van der Waals surface area contributed by atoms with Gasteiger partial charge < -0.3 is 16.4 Å². The minimum absolute atomic E-state index is 0.0396. The number of anilines is 3. The fraction of sp³-hybridized carbons (Fsp3) is 0.143. The Balaban J connectivity index is 1.48. The number of amides is 1. The molecule has 1 aliphatic carbocycles. The van der Waals surface area contributed by atoms with Crippen LogP contribution in [-0.2, 0) is 12.8 Å². The first-order chi connectivity index (χ1) is 13.1. The van der Waals surface area contributed by atoms with Crippen molar-refractivity contribution in [2.24, 2.45) is 0 Å². The summed E-state index contributed by atoms with van der Waals surface area (Å²) in [5.74, 6) is -0.245. The molecule has 3 aromatic rings. The van der Waals surface area contributed by atoms with Gasteiger partial charge in [-0.1, -0.05) is 30.3 Å². The number of nitrogen functional groups attached to an aromatic ring is 1. The van der Waals surface area contributed by atoms with Crippen molar-refractivity contribution in [1.82, 2.24) is 10.3 Å². The van der Waals surface area contributed by atoms with Gasteiger partial charge in [-0.05, 0) is 48.2 Å². The molecule has 0 saturated carbocycles. The van der Waals surface area contributed by atoms with Crippen molar-refractivity contribution in [1.29, 1.82) is 0 Å². The number of benzene rings is 2. The number of nitrogens with one attached hydrogen (secondary N) is 2. The van der Waals surface area contributed by atoms with Crippen LogP contribution in [0.15, 0.2) is 60.7 Å². The SMILES string of the molecule is Nc1cc(Nc2cccc(F)c2)nc(C(=O)NC2Cc3ccccc3C2)c1. The van der Waals surface area contributed by atoms with Crippen LogP contribution in [0.4, 0.5) is 21.6 Å². The van der Waals surface area contributed by atoms with Gasteiger partial charge in [0.1, 0.15) is 17.3 Å². The van der Waals surface area contributed by atoms with Crippen molar-refractivity contribution in [3.63, 3.8) is 0 Å². The van der Waals surface area contributed by atoms with Crippen molar-refractivity contribution in [3.05, 3.63) is 83.3 Å². The fourth-order valence-electron chi connectivity index (χ4n) is 3.37. The molecule has 6 heteroatoms. The number of pyridine rings is 1. The number of halogens is 1. The first kappa shape index (κ1) is 17.0. The number of fused-ring (bicyclic) bond motifs is 1. The van der Waals surface area contributed by atoms with Gasteiger partial charge in [0.2, 0.25) is 0 Å². The summed E-state index contributed by atoms with van der Waals surface area (Å²) < 4.78 is 13.3. The van der Waals surface area contributed by atoms with Crippen LogP contribution in [0.1, 0.15) is 21.6 Å². The zero-order valence-corrected chi connectivity index (χ0v) is 14.6. The van der Waals surface area contributed by atoms with Gasteiger partial charge in [0.05, 0.1) is 0 Å². The molecule has 136 valence electrons. The number of nitrogens with two attached hydrogens (primary N) is 1. The molecule has 1 aromatic heterocycles. The summed E-state index contributed by atoms with van der Waals surface area (Å²) in [5.41, 5.74) is 9.61. The second-order valence-corrected chi connectivity index (χ2v) is 6.65. The third-order valence-electron chi connectivity index (χ3n) is 4.56. The number of aromatic nitrogens is 1. The highest BCUT2D eigenvalue weighted by molar-refractivity contribution is 5.94. The zero-order chi connectivity index (χ0) is 18.8. The van der Waals surface area contributed by atoms with Crippen molar-refractivity contribution >= 4 is 23.1 Å². The monoisotopic (exact) mass is 362 g/mol. The van der Waals surface area contributed by atoms with E-state index in [2.05, 4.69) is 27.8 Å². The quantitative estimate of drug-likeness (QED) is 0.664. The van der Waals surface area contributed by atoms with E-state index in [1.54, 1.807) is 18.2 Å². The molecule has 0 aliphatic heterocycles. The third kappa shape index (κ3) is 3.89. The molecule has 0 unspecified atom stereocenters. The Kier molecular flexibility index (Phi) is 4.46. The molecule has 1 heterocycles. The lowest BCUT2D eigenvalue weighted by Gasteiger charge is -2.13. The average Bonchev–Trinajstić information content (AvgIpc) is 3.03. The first-order valence-electron chi connectivity index (χ1n) is 8.74. The summed E-state index contributed by atoms with van der Waals surface area (Å²) >= 11 is 0. The average molecular weight is 362 g/mol. The van der Waals surface area contributed by atoms with Crippen LogP contribution < -0.4 is 16.4 Å². The molecule has 0 spiro atoms. The van der Waals surface area contributed by atoms with E-state index in [0.29, 0.717) is 17.2 Å². The van der Waals surface area contributed by atoms with Crippen LogP contribution in [-0.4, -0.2) is 16.9 Å². The lowest BCUT2D eigenvalue weighted by atomic mass is 10.1. The van der Waals surface area contributed by atoms with Crippen molar-refractivity contribution in [2.45, 2.75) is 18.9 Å². The van der Waals surface area contributed by atoms with Gasteiger partial charge in [-0.15, -0.1) is 0 Å². The number of hydrogen-bond acceptors (Lipinski definition) is 4. The Labute approximate surface area is 156 Å². The molecule has 1 amide bonds. The summed E-state index contributed by atoms with van der Waals surface area (Å²) in [7, 11) is 0. The van der Waals surface area contributed by atoms with E-state index in [1.807, 2.05) is 12.1 Å². The van der Waals surface area contributed by atoms with E-state index >= 15 is 0 Å². The Hall–Kier alpha value is -3.41. The summed E-state index contributed by atoms with van der Waals surface area (Å²) in [4.78, 5) is 17.0. The molecular weight excluding hydrogens is 343 g/mol. The van der Waals surface area contributed by atoms with Crippen molar-refractivity contribution < 1.29 is 9.18 Å². The molecular formula is C21H19FN4O. The second-order valence-electron chi connectivity index (χ2n) is 6.65. The number of carbonyl (C=O) groups is 1. The second kappa shape index (κ2) is 7.07. The van der Waals surface area contributed by atoms with E-state index in [0.717, 1.165) is 12.8 Å². The number of nitrogens with zero attached hydrogens (tertiary/aromatic N) is 1. The van der Waals surface area contributed by atoms with Crippen LogP contribution >= 0.6 is 0 Å². The highest BCUT2D eigenvalue weighted by Crippen LogP contribution is 2.23. The van der Waals surface area contributed by atoms with E-state index in [1.165, 1.54) is 29.3 Å². The first-order valence-corrected chi connectivity index (χ1v) is 8.74. The smallest absolute Gasteiger partial charge is 0.270 e. The number of rotatable bonds is 4. The summed E-state index contributed by atoms with van der Waals surface area (Å²) in [6.07, 6.45) is 1.61. The molecule has 0 bridgehead atoms. The zero-order valence-electron chi connectivity index (χ0n) is 14.6. The summed E-state index contributed by atoms with van der Waals surface area (Å²) in [5, 5.41) is 6.00. The molecule has 4 rings (SSSR count). The van der Waals surface area contributed by atoms with E-state index in [9.17, 15) is 9.18 Å². The van der Waals surface area contributed by atoms with Gasteiger partial charge in [-0.3, -0.25) is 4.79 Å². The molecule has 5 nitrogen and oxygen atoms in total. The Morgan fingerprint density at radius 3 is 2.48 bits per heavy atom. The maximum atomic E-state index is 13.3. The minimum atomic E-state index is -0.359. The molecule has 0 atom stereocenters. The minimum Gasteiger partial charge on any atom is -0.399 e. The van der Waals surface area contributed by atoms with Crippen LogP contribution in [0.5, 0.6) is 0 Å². The Morgan fingerprint density at radius 1 is 1.04 bits per heavy atom. The van der Waals surface area contributed by atoms with Gasteiger partial charge in [-0.2, -0.15) is 0 Å². The fourth-order valence-corrected chi connectivity index (χ4v) is 3.37. The molecule has 4 N–H and O–H groups in total. The van der Waals surface area contributed by atoms with E-state index in [4.69, 9.17) is 5.73 Å². The summed E-state index contributed by atoms with van der Waals surface area (Å²) in [6.45, 7) is 0. The van der Waals surface area contributed by atoms with Crippen LogP contribution in [0.3, 0.4) is 0 Å². The molecule has 27 heavy (non-hydrogen) atoms. The van der Waals surface area contributed by atoms with Crippen LogP contribution in [0, 0.1) is 5.82 Å². The van der Waals surface area contributed by atoms with E-state index in [-0.39, 0.29) is 23.5 Å². The van der Waals surface area contributed by atoms with Gasteiger partial charge in [0.15, 0.2) is 0 Å². The normalized spacial score (nSPS) is 13.2. The number of hydrogen-bond donors (Lipinski definition) is 3. The summed E-state index contributed by atoms with van der Waals surface area (Å²) in [6, 6.07) is 17.4. The highest BCUT2D eigenvalue weighted by Gasteiger charge is 2.23. The molecule has 2 aromatic carbocycles. The number of carbonyl (C=O) groups excluding carboxylic acids is 1. The lowest BCUT2D eigenvalue weighted by molar-refractivity contribution is 0.0933. The standard InChI is InChI=1S/C21H19FN4O/c22-15-6-3-7-17(10-15)24-20-12-16(23)11-19(26-20)21(27)25-18-8-13-4-1-2-5-14(13)9-18/h1-7,10-12,18H,8-9H2,(H,25,27)(H3,23,24,26). The largest absolute Gasteiger partial charge is 0.399 e. The maximum Gasteiger partial charge on any atom is 0.270 e. The lowest BCUT2D eigenvalue weighted by Crippen LogP contribution is -2.35. The van der Waals surface area contributed by atoms with Crippen molar-refractivity contribution in [3.8, 4) is 0 Å². The topological polar surface area (TPSA) is 80.0 Å². The predicted octanol–water partition coefficient (Wildman–Crippen LogP) is 3.44. The maximum absolute atomic E-state index is 13.3. The molecule has 0 radical (unpaired) electrons. The van der Waals surface area contributed by atoms with Gasteiger partial charge >= 0.3 is 0 Å². The highest BCUT2D eigenvalue weighted by atomic mass is 19.1. The van der Waals surface area contributed by atoms with Crippen LogP contribution in [0.25, 0.3) is 0 Å². The molecule has 0 fully saturated rings. The van der Waals surface area contributed by atoms with Crippen LogP contribution in [0.2, 0.25) is 0 Å².